The molecule has 2 aromatic rings. The minimum Gasteiger partial charge on any atom is -0.293 e. The summed E-state index contributed by atoms with van der Waals surface area (Å²) in [5, 5.41) is 0. The second-order valence-electron chi connectivity index (χ2n) is 4.10. The second kappa shape index (κ2) is 4.92. The quantitative estimate of drug-likeness (QED) is 0.773. The molecule has 0 N–H and O–H groups in total. The fourth-order valence-corrected chi connectivity index (χ4v) is 1.69. The average Bonchev–Trinajstić information content (AvgIpc) is 2.39. The third-order valence-corrected chi connectivity index (χ3v) is 2.65. The van der Waals surface area contributed by atoms with Crippen LogP contribution in [0.3, 0.4) is 0 Å². The first kappa shape index (κ1) is 12.2. The molecule has 0 aliphatic carbocycles. The number of pyridine rings is 1. The van der Waals surface area contributed by atoms with Crippen molar-refractivity contribution < 1.29 is 9.59 Å². The van der Waals surface area contributed by atoms with Crippen LogP contribution in [-0.2, 0) is 0 Å². The molecule has 0 unspecified atom stereocenters. The summed E-state index contributed by atoms with van der Waals surface area (Å²) in [4.78, 5) is 26.9. The molecule has 0 amide bonds. The van der Waals surface area contributed by atoms with Gasteiger partial charge in [-0.1, -0.05) is 30.3 Å². The number of rotatable bonds is 3. The molecule has 0 spiro atoms. The normalized spacial score (nSPS) is 10.1. The number of Topliss-reactive ketones (excluding diaryl/α,β-unsaturated/α-hetero) is 2. The lowest BCUT2D eigenvalue weighted by molar-refractivity contribution is 0.101. The first-order chi connectivity index (χ1) is 8.58. The van der Waals surface area contributed by atoms with Gasteiger partial charge in [0.25, 0.3) is 0 Å². The zero-order valence-corrected chi connectivity index (χ0v) is 10.3. The van der Waals surface area contributed by atoms with Crippen LogP contribution in [0.5, 0.6) is 0 Å². The first-order valence-electron chi connectivity index (χ1n) is 5.67. The van der Waals surface area contributed by atoms with Crippen molar-refractivity contribution in [1.29, 1.82) is 0 Å². The lowest BCUT2D eigenvalue weighted by Gasteiger charge is -2.05. The third kappa shape index (κ3) is 2.51. The van der Waals surface area contributed by atoms with E-state index < -0.39 is 0 Å². The fraction of sp³-hybridized carbons (Fsp3) is 0.133. The van der Waals surface area contributed by atoms with E-state index in [9.17, 15) is 9.59 Å². The molecule has 0 saturated heterocycles. The number of aromatic nitrogens is 1. The number of hydrogen-bond donors (Lipinski definition) is 0. The molecule has 3 nitrogen and oxygen atoms in total. The van der Waals surface area contributed by atoms with Gasteiger partial charge in [0.15, 0.2) is 11.6 Å². The Labute approximate surface area is 105 Å². The molecule has 90 valence electrons. The van der Waals surface area contributed by atoms with E-state index in [0.29, 0.717) is 11.4 Å². The number of ketones is 2. The molecule has 3 heteroatoms. The highest BCUT2D eigenvalue weighted by Crippen LogP contribution is 2.21. The molecule has 1 aromatic heterocycles. The van der Waals surface area contributed by atoms with Gasteiger partial charge in [-0.05, 0) is 23.3 Å². The predicted molar refractivity (Wildman–Crippen MR) is 69.7 cm³/mol. The van der Waals surface area contributed by atoms with Crippen LogP contribution in [0.1, 0.15) is 34.8 Å². The standard InChI is InChI=1S/C15H13NO2/c1-10(17)14-8-13(9-15(16-14)11(2)18)12-6-4-3-5-7-12/h3-9H,1-2H3. The monoisotopic (exact) mass is 239 g/mol. The first-order valence-corrected chi connectivity index (χ1v) is 5.67. The smallest absolute Gasteiger partial charge is 0.178 e. The summed E-state index contributed by atoms with van der Waals surface area (Å²) in [6.07, 6.45) is 0. The summed E-state index contributed by atoms with van der Waals surface area (Å²) in [5.74, 6) is -0.287. The van der Waals surface area contributed by atoms with Gasteiger partial charge in [-0.25, -0.2) is 4.98 Å². The molecule has 0 atom stereocenters. The van der Waals surface area contributed by atoms with Crippen molar-refractivity contribution in [2.24, 2.45) is 0 Å². The summed E-state index contributed by atoms with van der Waals surface area (Å²) >= 11 is 0. The maximum Gasteiger partial charge on any atom is 0.178 e. The van der Waals surface area contributed by atoms with E-state index >= 15 is 0 Å². The van der Waals surface area contributed by atoms with Gasteiger partial charge in [0.05, 0.1) is 0 Å². The van der Waals surface area contributed by atoms with Gasteiger partial charge in [-0.3, -0.25) is 9.59 Å². The Bertz CT molecular complexity index is 571. The molecular formula is C15H13NO2. The lowest BCUT2D eigenvalue weighted by atomic mass is 10.0. The number of carbonyl (C=O) groups is 2. The van der Waals surface area contributed by atoms with Gasteiger partial charge in [-0.15, -0.1) is 0 Å². The number of nitrogens with zero attached hydrogens (tertiary/aromatic N) is 1. The van der Waals surface area contributed by atoms with Gasteiger partial charge < -0.3 is 0 Å². The van der Waals surface area contributed by atoms with E-state index in [1.165, 1.54) is 13.8 Å². The maximum absolute atomic E-state index is 11.4. The Hall–Kier alpha value is -2.29. The van der Waals surface area contributed by atoms with Crippen molar-refractivity contribution in [3.63, 3.8) is 0 Å². The third-order valence-electron chi connectivity index (χ3n) is 2.65. The van der Waals surface area contributed by atoms with Crippen LogP contribution < -0.4 is 0 Å². The number of hydrogen-bond acceptors (Lipinski definition) is 3. The van der Waals surface area contributed by atoms with Crippen LogP contribution in [0.15, 0.2) is 42.5 Å². The van der Waals surface area contributed by atoms with Crippen molar-refractivity contribution in [2.45, 2.75) is 13.8 Å². The SMILES string of the molecule is CC(=O)c1cc(-c2ccccc2)cc(C(C)=O)n1. The zero-order chi connectivity index (χ0) is 13.1. The Morgan fingerprint density at radius 1 is 0.833 bits per heavy atom. The molecule has 0 radical (unpaired) electrons. The summed E-state index contributed by atoms with van der Waals surface area (Å²) < 4.78 is 0. The largest absolute Gasteiger partial charge is 0.293 e. The topological polar surface area (TPSA) is 47.0 Å². The summed E-state index contributed by atoms with van der Waals surface area (Å²) in [6, 6.07) is 13.0. The van der Waals surface area contributed by atoms with Crippen molar-refractivity contribution in [3.8, 4) is 11.1 Å². The van der Waals surface area contributed by atoms with E-state index in [4.69, 9.17) is 0 Å². The Kier molecular flexibility index (Phi) is 3.33. The van der Waals surface area contributed by atoms with Gasteiger partial charge in [-0.2, -0.15) is 0 Å². The van der Waals surface area contributed by atoms with Crippen molar-refractivity contribution >= 4 is 11.6 Å². The summed E-state index contributed by atoms with van der Waals surface area (Å²) in [5.41, 5.74) is 2.44. The highest BCUT2D eigenvalue weighted by Gasteiger charge is 2.10. The molecular weight excluding hydrogens is 226 g/mol. The van der Waals surface area contributed by atoms with Gasteiger partial charge in [0.1, 0.15) is 11.4 Å². The van der Waals surface area contributed by atoms with Crippen molar-refractivity contribution in [2.75, 3.05) is 0 Å². The van der Waals surface area contributed by atoms with E-state index in [1.54, 1.807) is 12.1 Å². The van der Waals surface area contributed by atoms with Crippen LogP contribution in [0, 0.1) is 0 Å². The number of carbonyl (C=O) groups excluding carboxylic acids is 2. The number of benzene rings is 1. The molecule has 1 heterocycles. The minimum absolute atomic E-state index is 0.143. The van der Waals surface area contributed by atoms with Gasteiger partial charge >= 0.3 is 0 Å². The van der Waals surface area contributed by atoms with E-state index in [2.05, 4.69) is 4.98 Å². The molecule has 0 aliphatic heterocycles. The van der Waals surface area contributed by atoms with Crippen LogP contribution >= 0.6 is 0 Å². The van der Waals surface area contributed by atoms with Crippen LogP contribution in [0.4, 0.5) is 0 Å². The molecule has 0 aliphatic rings. The fourth-order valence-electron chi connectivity index (χ4n) is 1.69. The minimum atomic E-state index is -0.143. The molecule has 0 bridgehead atoms. The van der Waals surface area contributed by atoms with Crippen LogP contribution in [0.2, 0.25) is 0 Å². The Balaban J connectivity index is 2.61. The van der Waals surface area contributed by atoms with Crippen molar-refractivity contribution in [3.05, 3.63) is 53.9 Å². The molecule has 18 heavy (non-hydrogen) atoms. The average molecular weight is 239 g/mol. The second-order valence-corrected chi connectivity index (χ2v) is 4.10. The molecule has 0 fully saturated rings. The molecule has 1 aromatic carbocycles. The summed E-state index contributed by atoms with van der Waals surface area (Å²) in [6.45, 7) is 2.89. The van der Waals surface area contributed by atoms with Gasteiger partial charge in [0, 0.05) is 13.8 Å². The highest BCUT2D eigenvalue weighted by molar-refractivity contribution is 5.98. The zero-order valence-electron chi connectivity index (χ0n) is 10.3. The van der Waals surface area contributed by atoms with Crippen LogP contribution in [-0.4, -0.2) is 16.6 Å². The summed E-state index contributed by atoms with van der Waals surface area (Å²) in [7, 11) is 0. The highest BCUT2D eigenvalue weighted by atomic mass is 16.1. The maximum atomic E-state index is 11.4. The van der Waals surface area contributed by atoms with Gasteiger partial charge in [0.2, 0.25) is 0 Å². The van der Waals surface area contributed by atoms with E-state index in [-0.39, 0.29) is 11.6 Å². The Morgan fingerprint density at radius 2 is 1.33 bits per heavy atom. The predicted octanol–water partition coefficient (Wildman–Crippen LogP) is 3.15. The molecule has 2 rings (SSSR count). The Morgan fingerprint density at radius 3 is 1.78 bits per heavy atom. The lowest BCUT2D eigenvalue weighted by Crippen LogP contribution is -2.04. The van der Waals surface area contributed by atoms with E-state index in [1.807, 2.05) is 30.3 Å². The van der Waals surface area contributed by atoms with E-state index in [0.717, 1.165) is 11.1 Å². The van der Waals surface area contributed by atoms with Crippen molar-refractivity contribution in [1.82, 2.24) is 4.98 Å². The molecule has 0 saturated carbocycles. The van der Waals surface area contributed by atoms with Crippen LogP contribution in [0.25, 0.3) is 11.1 Å².